The Labute approximate surface area is 252 Å². The first-order valence-corrected chi connectivity index (χ1v) is 14.9. The number of carbonyl (C=O) groups excluding carboxylic acids is 2. The van der Waals surface area contributed by atoms with Crippen molar-refractivity contribution in [1.82, 2.24) is 24.6 Å². The van der Waals surface area contributed by atoms with Gasteiger partial charge in [-0.15, -0.1) is 0 Å². The van der Waals surface area contributed by atoms with Gasteiger partial charge in [-0.05, 0) is 74.6 Å². The van der Waals surface area contributed by atoms with Gasteiger partial charge >= 0.3 is 0 Å². The van der Waals surface area contributed by atoms with Crippen LogP contribution >= 0.6 is 0 Å². The van der Waals surface area contributed by atoms with E-state index in [1.165, 1.54) is 29.8 Å². The van der Waals surface area contributed by atoms with Crippen LogP contribution in [0.15, 0.2) is 72.8 Å². The van der Waals surface area contributed by atoms with Gasteiger partial charge in [0.1, 0.15) is 24.0 Å². The zero-order valence-electron chi connectivity index (χ0n) is 25.2. The van der Waals surface area contributed by atoms with Crippen LogP contribution in [0.25, 0.3) is 0 Å². The molecule has 0 fully saturated rings. The van der Waals surface area contributed by atoms with Gasteiger partial charge < -0.3 is 9.80 Å². The summed E-state index contributed by atoms with van der Waals surface area (Å²) in [6.07, 6.45) is 1.58. The van der Waals surface area contributed by atoms with Crippen molar-refractivity contribution in [1.29, 1.82) is 0 Å². The Morgan fingerprint density at radius 3 is 2.26 bits per heavy atom. The monoisotopic (exact) mass is 582 g/mol. The maximum absolute atomic E-state index is 14.0. The molecule has 2 heterocycles. The zero-order chi connectivity index (χ0) is 30.3. The second-order valence-electron chi connectivity index (χ2n) is 11.2. The van der Waals surface area contributed by atoms with Crippen LogP contribution in [0.3, 0.4) is 0 Å². The first kappa shape index (κ1) is 30.1. The Bertz CT molecular complexity index is 1550. The number of nitrogens with zero attached hydrogens (tertiary/aromatic N) is 6. The van der Waals surface area contributed by atoms with Gasteiger partial charge in [-0.1, -0.05) is 48.5 Å². The predicted molar refractivity (Wildman–Crippen MR) is 165 cm³/mol. The van der Waals surface area contributed by atoms with E-state index in [2.05, 4.69) is 27.1 Å². The minimum atomic E-state index is -0.384. The minimum Gasteiger partial charge on any atom is -0.337 e. The lowest BCUT2D eigenvalue weighted by atomic mass is 10.0. The SMILES string of the molecule is Cc1nc(C)n(CC(=O)N2CCCN(Cc3ccccc3)CCCN(C(=O)c3ccc(F)cc3)c3c(C)cccc3C2)n1. The normalized spacial score (nSPS) is 15.0. The molecule has 43 heavy (non-hydrogen) atoms. The van der Waals surface area contributed by atoms with E-state index < -0.39 is 0 Å². The highest BCUT2D eigenvalue weighted by Gasteiger charge is 2.26. The van der Waals surface area contributed by atoms with Crippen LogP contribution in [0.1, 0.15) is 51.5 Å². The van der Waals surface area contributed by atoms with Crippen molar-refractivity contribution >= 4 is 17.5 Å². The number of rotatable bonds is 5. The average molecular weight is 583 g/mol. The maximum Gasteiger partial charge on any atom is 0.258 e. The van der Waals surface area contributed by atoms with Crippen LogP contribution in [0.5, 0.6) is 0 Å². The Morgan fingerprint density at radius 1 is 0.837 bits per heavy atom. The van der Waals surface area contributed by atoms with Crippen molar-refractivity contribution < 1.29 is 14.0 Å². The fourth-order valence-corrected chi connectivity index (χ4v) is 5.78. The number of aryl methyl sites for hydroxylation is 3. The molecule has 0 bridgehead atoms. The molecule has 0 saturated carbocycles. The molecule has 4 aromatic rings. The minimum absolute atomic E-state index is 0.0523. The largest absolute Gasteiger partial charge is 0.337 e. The van der Waals surface area contributed by atoms with E-state index >= 15 is 0 Å². The third kappa shape index (κ3) is 7.53. The van der Waals surface area contributed by atoms with E-state index in [-0.39, 0.29) is 24.2 Å². The van der Waals surface area contributed by atoms with Crippen LogP contribution in [-0.2, 0) is 24.4 Å². The van der Waals surface area contributed by atoms with Gasteiger partial charge in [-0.2, -0.15) is 5.10 Å². The number of hydrogen-bond acceptors (Lipinski definition) is 5. The highest BCUT2D eigenvalue weighted by molar-refractivity contribution is 6.07. The van der Waals surface area contributed by atoms with E-state index in [9.17, 15) is 14.0 Å². The van der Waals surface area contributed by atoms with E-state index in [1.54, 1.807) is 4.68 Å². The maximum atomic E-state index is 14.0. The van der Waals surface area contributed by atoms with E-state index in [4.69, 9.17) is 0 Å². The first-order chi connectivity index (χ1) is 20.8. The Kier molecular flexibility index (Phi) is 9.61. The molecule has 0 spiro atoms. The Balaban J connectivity index is 1.50. The molecule has 3 aromatic carbocycles. The van der Waals surface area contributed by atoms with Gasteiger partial charge in [0.2, 0.25) is 5.91 Å². The molecule has 0 atom stereocenters. The van der Waals surface area contributed by atoms with E-state index in [1.807, 2.05) is 67.0 Å². The summed E-state index contributed by atoms with van der Waals surface area (Å²) in [5, 5.41) is 4.41. The van der Waals surface area contributed by atoms with Gasteiger partial charge in [-0.25, -0.2) is 14.1 Å². The molecule has 0 aliphatic carbocycles. The number of hydrogen-bond donors (Lipinski definition) is 0. The van der Waals surface area contributed by atoms with Gasteiger partial charge in [-0.3, -0.25) is 14.5 Å². The number of fused-ring (bicyclic) bond motifs is 1. The number of benzene rings is 3. The summed E-state index contributed by atoms with van der Waals surface area (Å²) in [5.41, 5.74) is 4.30. The third-order valence-electron chi connectivity index (χ3n) is 7.90. The number of aromatic nitrogens is 3. The molecule has 1 aliphatic heterocycles. The molecule has 0 radical (unpaired) electrons. The number of para-hydroxylation sites is 1. The average Bonchev–Trinajstić information content (AvgIpc) is 3.30. The van der Waals surface area contributed by atoms with Crippen molar-refractivity contribution in [3.05, 3.63) is 113 Å². The van der Waals surface area contributed by atoms with Crippen molar-refractivity contribution in [3.63, 3.8) is 0 Å². The molecule has 0 saturated heterocycles. The lowest BCUT2D eigenvalue weighted by molar-refractivity contribution is -0.132. The molecule has 1 aliphatic rings. The molecule has 5 rings (SSSR count). The zero-order valence-corrected chi connectivity index (χ0v) is 25.2. The Hall–Kier alpha value is -4.37. The smallest absolute Gasteiger partial charge is 0.258 e. The fraction of sp³-hybridized carbons (Fsp3) is 0.353. The van der Waals surface area contributed by atoms with Crippen molar-refractivity contribution in [2.75, 3.05) is 31.1 Å². The summed E-state index contributed by atoms with van der Waals surface area (Å²) in [7, 11) is 0. The predicted octanol–water partition coefficient (Wildman–Crippen LogP) is 5.31. The highest BCUT2D eigenvalue weighted by Crippen LogP contribution is 2.29. The molecular weight excluding hydrogens is 543 g/mol. The van der Waals surface area contributed by atoms with Crippen molar-refractivity contribution in [2.45, 2.75) is 53.2 Å². The second-order valence-corrected chi connectivity index (χ2v) is 11.2. The molecule has 0 N–H and O–H groups in total. The van der Waals surface area contributed by atoms with Crippen LogP contribution in [-0.4, -0.2) is 62.6 Å². The number of amides is 2. The van der Waals surface area contributed by atoms with Crippen molar-refractivity contribution in [3.8, 4) is 0 Å². The second kappa shape index (κ2) is 13.7. The van der Waals surface area contributed by atoms with E-state index in [0.717, 1.165) is 49.3 Å². The lowest BCUT2D eigenvalue weighted by Gasteiger charge is -2.32. The number of carbonyl (C=O) groups is 2. The van der Waals surface area contributed by atoms with E-state index in [0.29, 0.717) is 36.8 Å². The lowest BCUT2D eigenvalue weighted by Crippen LogP contribution is -2.40. The van der Waals surface area contributed by atoms with Crippen LogP contribution in [0, 0.1) is 26.6 Å². The summed E-state index contributed by atoms with van der Waals surface area (Å²) in [5.74, 6) is 0.704. The first-order valence-electron chi connectivity index (χ1n) is 14.9. The van der Waals surface area contributed by atoms with Gasteiger partial charge in [0.25, 0.3) is 5.91 Å². The Morgan fingerprint density at radius 2 is 1.56 bits per heavy atom. The number of halogens is 1. The van der Waals surface area contributed by atoms with Crippen molar-refractivity contribution in [2.24, 2.45) is 0 Å². The van der Waals surface area contributed by atoms with Gasteiger partial charge in [0, 0.05) is 44.8 Å². The fourth-order valence-electron chi connectivity index (χ4n) is 5.78. The van der Waals surface area contributed by atoms with Crippen LogP contribution in [0.2, 0.25) is 0 Å². The molecule has 2 amide bonds. The summed E-state index contributed by atoms with van der Waals surface area (Å²) < 4.78 is 15.4. The molecule has 0 unspecified atom stereocenters. The van der Waals surface area contributed by atoms with Crippen LogP contribution < -0.4 is 4.90 Å². The van der Waals surface area contributed by atoms with Gasteiger partial charge in [0.15, 0.2) is 0 Å². The summed E-state index contributed by atoms with van der Waals surface area (Å²) in [6.45, 7) is 9.55. The third-order valence-corrected chi connectivity index (χ3v) is 7.90. The molecule has 9 heteroatoms. The number of anilines is 1. The standard InChI is InChI=1S/C34H39FN6O2/c1-25-10-7-13-30-23-39(32(42)24-41-27(3)36-26(2)37-41)20-8-18-38(22-28-11-5-4-6-12-28)19-9-21-40(33(25)30)34(43)29-14-16-31(35)17-15-29/h4-7,10-17H,8-9,18-24H2,1-3H3. The topological polar surface area (TPSA) is 74.6 Å². The quantitative estimate of drug-likeness (QED) is 0.319. The summed E-state index contributed by atoms with van der Waals surface area (Å²) in [4.78, 5) is 38.2. The molecule has 8 nitrogen and oxygen atoms in total. The van der Waals surface area contributed by atoms with Crippen LogP contribution in [0.4, 0.5) is 10.1 Å². The molecule has 1 aromatic heterocycles. The van der Waals surface area contributed by atoms with Gasteiger partial charge in [0.05, 0.1) is 5.69 Å². The highest BCUT2D eigenvalue weighted by atomic mass is 19.1. The summed E-state index contributed by atoms with van der Waals surface area (Å²) in [6, 6.07) is 22.0. The molecular formula is C34H39FN6O2. The molecule has 224 valence electrons. The summed E-state index contributed by atoms with van der Waals surface area (Å²) >= 11 is 0.